The lowest BCUT2D eigenvalue weighted by Crippen LogP contribution is -2.14. The molecule has 0 saturated carbocycles. The fourth-order valence-corrected chi connectivity index (χ4v) is 1.85. The fraction of sp³-hybridized carbons (Fsp3) is 0.182. The van der Waals surface area contributed by atoms with Crippen molar-refractivity contribution in [3.63, 3.8) is 0 Å². The number of anilines is 1. The average Bonchev–Trinajstić information content (AvgIpc) is 2.76. The van der Waals surface area contributed by atoms with Crippen molar-refractivity contribution >= 4 is 34.8 Å². The van der Waals surface area contributed by atoms with Crippen molar-refractivity contribution in [2.45, 2.75) is 13.8 Å². The van der Waals surface area contributed by atoms with Gasteiger partial charge in [-0.05, 0) is 25.5 Å². The summed E-state index contributed by atoms with van der Waals surface area (Å²) in [5.74, 6) is 0.136. The topological polar surface area (TPSA) is 70.7 Å². The van der Waals surface area contributed by atoms with E-state index in [1.807, 2.05) is 6.92 Å². The highest BCUT2D eigenvalue weighted by Crippen LogP contribution is 2.32. The third kappa shape index (κ3) is 2.47. The Morgan fingerprint density at radius 2 is 2.06 bits per heavy atom. The molecule has 5 nitrogen and oxygen atoms in total. The average molecular weight is 285 g/mol. The third-order valence-electron chi connectivity index (χ3n) is 2.32. The van der Waals surface area contributed by atoms with E-state index in [0.29, 0.717) is 21.6 Å². The lowest BCUT2D eigenvalue weighted by atomic mass is 10.2. The normalized spacial score (nSPS) is 10.4. The van der Waals surface area contributed by atoms with Crippen molar-refractivity contribution in [3.05, 3.63) is 39.4 Å². The zero-order valence-electron chi connectivity index (χ0n) is 9.71. The number of benzene rings is 1. The molecule has 1 aromatic heterocycles. The molecule has 18 heavy (non-hydrogen) atoms. The molecule has 1 heterocycles. The van der Waals surface area contributed by atoms with Crippen molar-refractivity contribution in [1.82, 2.24) is 15.2 Å². The largest absolute Gasteiger partial charge is 0.317 e. The summed E-state index contributed by atoms with van der Waals surface area (Å²) < 4.78 is 0. The van der Waals surface area contributed by atoms with E-state index in [0.717, 1.165) is 5.56 Å². The summed E-state index contributed by atoms with van der Waals surface area (Å²) in [5.41, 5.74) is 1.19. The van der Waals surface area contributed by atoms with Crippen LogP contribution in [0.3, 0.4) is 0 Å². The fourth-order valence-electron chi connectivity index (χ4n) is 1.38. The van der Waals surface area contributed by atoms with Crippen LogP contribution in [0.15, 0.2) is 12.1 Å². The molecule has 0 spiro atoms. The number of nitrogens with zero attached hydrogens (tertiary/aromatic N) is 2. The van der Waals surface area contributed by atoms with Gasteiger partial charge in [-0.15, -0.1) is 5.10 Å². The van der Waals surface area contributed by atoms with Gasteiger partial charge in [-0.3, -0.25) is 9.89 Å². The number of nitrogens with one attached hydrogen (secondary N) is 2. The Kier molecular flexibility index (Phi) is 3.54. The number of aryl methyl sites for hydroxylation is 2. The molecule has 0 unspecified atom stereocenters. The van der Waals surface area contributed by atoms with Crippen molar-refractivity contribution in [2.24, 2.45) is 0 Å². The minimum Gasteiger partial charge on any atom is -0.317 e. The minimum atomic E-state index is -0.464. The minimum absolute atomic E-state index is 0.0427. The molecule has 2 N–H and O–H groups in total. The van der Waals surface area contributed by atoms with Crippen LogP contribution >= 0.6 is 23.2 Å². The van der Waals surface area contributed by atoms with E-state index >= 15 is 0 Å². The first kappa shape index (κ1) is 12.9. The molecule has 94 valence electrons. The second-order valence-corrected chi connectivity index (χ2v) is 4.54. The summed E-state index contributed by atoms with van der Waals surface area (Å²) in [6.45, 7) is 3.53. The first-order valence-corrected chi connectivity index (χ1v) is 5.89. The summed E-state index contributed by atoms with van der Waals surface area (Å²) in [6.07, 6.45) is 0. The number of H-pyrrole nitrogens is 1. The van der Waals surface area contributed by atoms with Crippen LogP contribution in [0.1, 0.15) is 22.0 Å². The summed E-state index contributed by atoms with van der Waals surface area (Å²) in [5, 5.41) is 9.72. The quantitative estimate of drug-likeness (QED) is 0.891. The predicted molar refractivity (Wildman–Crippen MR) is 70.3 cm³/mol. The van der Waals surface area contributed by atoms with Gasteiger partial charge in [0.2, 0.25) is 5.82 Å². The monoisotopic (exact) mass is 284 g/mol. The second kappa shape index (κ2) is 4.96. The molecule has 1 amide bonds. The number of rotatable bonds is 2. The van der Waals surface area contributed by atoms with Crippen molar-refractivity contribution in [1.29, 1.82) is 0 Å². The van der Waals surface area contributed by atoms with Crippen LogP contribution in [0, 0.1) is 13.8 Å². The summed E-state index contributed by atoms with van der Waals surface area (Å²) >= 11 is 12.1. The lowest BCUT2D eigenvalue weighted by molar-refractivity contribution is 0.101. The molecular formula is C11H10Cl2N4O. The first-order valence-electron chi connectivity index (χ1n) is 5.14. The number of halogens is 2. The molecule has 2 rings (SSSR count). The van der Waals surface area contributed by atoms with Gasteiger partial charge >= 0.3 is 0 Å². The Labute approximate surface area is 114 Å². The Balaban J connectivity index is 2.30. The third-order valence-corrected chi connectivity index (χ3v) is 3.13. The van der Waals surface area contributed by atoms with Crippen LogP contribution in [0.2, 0.25) is 10.0 Å². The van der Waals surface area contributed by atoms with Gasteiger partial charge < -0.3 is 5.32 Å². The number of carbonyl (C=O) groups excluding carboxylic acids is 1. The molecule has 0 atom stereocenters. The van der Waals surface area contributed by atoms with E-state index in [9.17, 15) is 4.79 Å². The Morgan fingerprint density at radius 1 is 1.33 bits per heavy atom. The molecule has 0 radical (unpaired) electrons. The molecule has 1 aromatic carbocycles. The highest BCUT2D eigenvalue weighted by Gasteiger charge is 2.16. The summed E-state index contributed by atoms with van der Waals surface area (Å²) in [6, 6.07) is 3.44. The molecule has 0 aliphatic carbocycles. The number of hydrogen-bond donors (Lipinski definition) is 2. The van der Waals surface area contributed by atoms with E-state index in [-0.39, 0.29) is 5.82 Å². The highest BCUT2D eigenvalue weighted by atomic mass is 35.5. The van der Waals surface area contributed by atoms with Crippen LogP contribution in [0.5, 0.6) is 0 Å². The van der Waals surface area contributed by atoms with Crippen LogP contribution in [-0.2, 0) is 0 Å². The standard InChI is InChI=1S/C11H10Cl2N4O/c1-5-3-4-7(12)9(8(5)13)15-11(18)10-14-6(2)16-17-10/h3-4H,1-2H3,(H,15,18)(H,14,16,17). The number of carbonyl (C=O) groups is 1. The van der Waals surface area contributed by atoms with Gasteiger partial charge in [-0.2, -0.15) is 0 Å². The summed E-state index contributed by atoms with van der Waals surface area (Å²) in [7, 11) is 0. The highest BCUT2D eigenvalue weighted by molar-refractivity contribution is 6.40. The van der Waals surface area contributed by atoms with Gasteiger partial charge in [0.15, 0.2) is 0 Å². The second-order valence-electron chi connectivity index (χ2n) is 3.75. The van der Waals surface area contributed by atoms with Crippen molar-refractivity contribution < 1.29 is 4.79 Å². The van der Waals surface area contributed by atoms with Gasteiger partial charge in [0, 0.05) is 0 Å². The zero-order valence-corrected chi connectivity index (χ0v) is 11.2. The van der Waals surface area contributed by atoms with E-state index < -0.39 is 5.91 Å². The van der Waals surface area contributed by atoms with Crippen LogP contribution < -0.4 is 5.32 Å². The zero-order chi connectivity index (χ0) is 13.3. The number of aromatic amines is 1. The van der Waals surface area contributed by atoms with Gasteiger partial charge in [0.25, 0.3) is 5.91 Å². The van der Waals surface area contributed by atoms with Crippen molar-refractivity contribution in [3.8, 4) is 0 Å². The Morgan fingerprint density at radius 3 is 2.67 bits per heavy atom. The Hall–Kier alpha value is -1.59. The maximum atomic E-state index is 11.9. The van der Waals surface area contributed by atoms with Gasteiger partial charge in [0.1, 0.15) is 5.82 Å². The molecule has 0 aliphatic heterocycles. The van der Waals surface area contributed by atoms with Gasteiger partial charge in [-0.25, -0.2) is 4.98 Å². The van der Waals surface area contributed by atoms with E-state index in [4.69, 9.17) is 23.2 Å². The smallest absolute Gasteiger partial charge is 0.295 e. The van der Waals surface area contributed by atoms with Gasteiger partial charge in [0.05, 0.1) is 15.7 Å². The molecule has 0 bridgehead atoms. The number of amides is 1. The van der Waals surface area contributed by atoms with E-state index in [1.54, 1.807) is 19.1 Å². The molecule has 0 saturated heterocycles. The van der Waals surface area contributed by atoms with Crippen LogP contribution in [0.4, 0.5) is 5.69 Å². The van der Waals surface area contributed by atoms with Crippen LogP contribution in [-0.4, -0.2) is 21.1 Å². The number of aromatic nitrogens is 3. The summed E-state index contributed by atoms with van der Waals surface area (Å²) in [4.78, 5) is 15.8. The predicted octanol–water partition coefficient (Wildman–Crippen LogP) is 2.98. The maximum absolute atomic E-state index is 11.9. The molecule has 0 aliphatic rings. The van der Waals surface area contributed by atoms with Gasteiger partial charge in [-0.1, -0.05) is 29.3 Å². The molecule has 7 heteroatoms. The molecule has 2 aromatic rings. The maximum Gasteiger partial charge on any atom is 0.295 e. The van der Waals surface area contributed by atoms with E-state index in [2.05, 4.69) is 20.5 Å². The SMILES string of the molecule is Cc1nc(C(=O)Nc2c(Cl)ccc(C)c2Cl)n[nH]1. The Bertz CT molecular complexity index is 609. The van der Waals surface area contributed by atoms with E-state index in [1.165, 1.54) is 0 Å². The first-order chi connectivity index (χ1) is 8.49. The molecule has 0 fully saturated rings. The van der Waals surface area contributed by atoms with Crippen LogP contribution in [0.25, 0.3) is 0 Å². The van der Waals surface area contributed by atoms with Crippen molar-refractivity contribution in [2.75, 3.05) is 5.32 Å². The lowest BCUT2D eigenvalue weighted by Gasteiger charge is -2.09. The molecular weight excluding hydrogens is 275 g/mol. The number of hydrogen-bond acceptors (Lipinski definition) is 3.